The first-order chi connectivity index (χ1) is 8.28. The van der Waals surface area contributed by atoms with Crippen molar-refractivity contribution in [1.29, 1.82) is 0 Å². The fourth-order valence-corrected chi connectivity index (χ4v) is 2.72. The van der Waals surface area contributed by atoms with E-state index in [4.69, 9.17) is 0 Å². The zero-order valence-corrected chi connectivity index (χ0v) is 13.7. The summed E-state index contributed by atoms with van der Waals surface area (Å²) in [5.74, 6) is 0.516. The van der Waals surface area contributed by atoms with E-state index in [1.807, 2.05) is 24.3 Å². The highest BCUT2D eigenvalue weighted by Gasteiger charge is 2.18. The first kappa shape index (κ1) is 15.5. The van der Waals surface area contributed by atoms with Crippen LogP contribution >= 0.6 is 22.6 Å². The fraction of sp³-hybridized carbons (Fsp3) is 0.533. The second-order valence-corrected chi connectivity index (χ2v) is 7.26. The van der Waals surface area contributed by atoms with Gasteiger partial charge in [0.25, 0.3) is 0 Å². The minimum atomic E-state index is 0.107. The summed E-state index contributed by atoms with van der Waals surface area (Å²) in [7, 11) is 0. The van der Waals surface area contributed by atoms with Crippen molar-refractivity contribution < 1.29 is 4.79 Å². The Kier molecular flexibility index (Phi) is 5.63. The molecule has 0 fully saturated rings. The summed E-state index contributed by atoms with van der Waals surface area (Å²) < 4.78 is 1.08. The summed E-state index contributed by atoms with van der Waals surface area (Å²) in [6, 6.07) is 7.85. The van der Waals surface area contributed by atoms with Crippen LogP contribution in [0, 0.1) is 14.9 Å². The Morgan fingerprint density at radius 2 is 1.94 bits per heavy atom. The van der Waals surface area contributed by atoms with Gasteiger partial charge in [-0.05, 0) is 52.5 Å². The molecule has 0 aliphatic carbocycles. The molecule has 1 rings (SSSR count). The van der Waals surface area contributed by atoms with Gasteiger partial charge in [0, 0.05) is 9.99 Å². The summed E-state index contributed by atoms with van der Waals surface area (Å²) >= 11 is 2.23. The Morgan fingerprint density at radius 3 is 2.50 bits per heavy atom. The maximum atomic E-state index is 11.9. The number of rotatable bonds is 4. The van der Waals surface area contributed by atoms with E-state index in [1.54, 1.807) is 0 Å². The van der Waals surface area contributed by atoms with Gasteiger partial charge < -0.3 is 5.32 Å². The molecule has 0 saturated heterocycles. The van der Waals surface area contributed by atoms with E-state index in [2.05, 4.69) is 55.6 Å². The van der Waals surface area contributed by atoms with Crippen molar-refractivity contribution in [3.8, 4) is 0 Å². The molecule has 0 bridgehead atoms. The van der Waals surface area contributed by atoms with Gasteiger partial charge in [-0.15, -0.1) is 0 Å². The zero-order valence-electron chi connectivity index (χ0n) is 11.6. The van der Waals surface area contributed by atoms with Crippen molar-refractivity contribution in [3.63, 3.8) is 0 Å². The fourth-order valence-electron chi connectivity index (χ4n) is 2.20. The lowest BCUT2D eigenvalue weighted by Crippen LogP contribution is -2.19. The van der Waals surface area contributed by atoms with E-state index in [9.17, 15) is 4.79 Å². The molecule has 1 atom stereocenters. The minimum absolute atomic E-state index is 0.107. The highest BCUT2D eigenvalue weighted by Crippen LogP contribution is 2.26. The van der Waals surface area contributed by atoms with E-state index in [0.29, 0.717) is 12.3 Å². The highest BCUT2D eigenvalue weighted by molar-refractivity contribution is 14.1. The highest BCUT2D eigenvalue weighted by atomic mass is 127. The molecule has 0 saturated carbocycles. The van der Waals surface area contributed by atoms with Crippen LogP contribution in [0.5, 0.6) is 0 Å². The average Bonchev–Trinajstić information content (AvgIpc) is 2.18. The lowest BCUT2D eigenvalue weighted by molar-refractivity contribution is -0.117. The average molecular weight is 359 g/mol. The van der Waals surface area contributed by atoms with Crippen LogP contribution in [0.25, 0.3) is 0 Å². The molecule has 0 aliphatic rings. The van der Waals surface area contributed by atoms with Crippen LogP contribution in [0.4, 0.5) is 5.69 Å². The van der Waals surface area contributed by atoms with Crippen LogP contribution < -0.4 is 5.32 Å². The number of halogens is 1. The SMILES string of the molecule is CC(CC(=O)Nc1ccccc1I)CC(C)(C)C. The summed E-state index contributed by atoms with van der Waals surface area (Å²) in [4.78, 5) is 11.9. The van der Waals surface area contributed by atoms with E-state index in [0.717, 1.165) is 15.7 Å². The van der Waals surface area contributed by atoms with Crippen LogP contribution in [-0.2, 0) is 4.79 Å². The van der Waals surface area contributed by atoms with Crippen LogP contribution in [0.1, 0.15) is 40.5 Å². The summed E-state index contributed by atoms with van der Waals surface area (Å²) in [6.45, 7) is 8.77. The third kappa shape index (κ3) is 5.85. The smallest absolute Gasteiger partial charge is 0.224 e. The quantitative estimate of drug-likeness (QED) is 0.777. The molecule has 2 nitrogen and oxygen atoms in total. The number of hydrogen-bond donors (Lipinski definition) is 1. The molecular formula is C15H22INO. The van der Waals surface area contributed by atoms with Gasteiger partial charge in [0.05, 0.1) is 5.69 Å². The number of nitrogens with one attached hydrogen (secondary N) is 1. The summed E-state index contributed by atoms with van der Waals surface area (Å²) in [5.41, 5.74) is 1.19. The van der Waals surface area contributed by atoms with Gasteiger partial charge in [0.2, 0.25) is 5.91 Å². The lowest BCUT2D eigenvalue weighted by Gasteiger charge is -2.22. The largest absolute Gasteiger partial charge is 0.325 e. The lowest BCUT2D eigenvalue weighted by atomic mass is 9.84. The van der Waals surface area contributed by atoms with Crippen molar-refractivity contribution in [1.82, 2.24) is 0 Å². The maximum absolute atomic E-state index is 11.9. The van der Waals surface area contributed by atoms with E-state index in [-0.39, 0.29) is 11.3 Å². The third-order valence-corrected chi connectivity index (χ3v) is 3.58. The number of carbonyl (C=O) groups is 1. The molecule has 3 heteroatoms. The molecule has 1 unspecified atom stereocenters. The molecule has 0 heterocycles. The predicted octanol–water partition coefficient (Wildman–Crippen LogP) is 4.69. The molecule has 0 radical (unpaired) electrons. The topological polar surface area (TPSA) is 29.1 Å². The number of anilines is 1. The minimum Gasteiger partial charge on any atom is -0.325 e. The van der Waals surface area contributed by atoms with Gasteiger partial charge in [0.1, 0.15) is 0 Å². The normalized spacial score (nSPS) is 13.2. The van der Waals surface area contributed by atoms with Gasteiger partial charge in [-0.25, -0.2) is 0 Å². The Labute approximate surface area is 124 Å². The van der Waals surface area contributed by atoms with Gasteiger partial charge >= 0.3 is 0 Å². The van der Waals surface area contributed by atoms with Crippen LogP contribution in [0.2, 0.25) is 0 Å². The molecule has 0 aliphatic heterocycles. The third-order valence-electron chi connectivity index (χ3n) is 2.64. The molecule has 1 N–H and O–H groups in total. The Hall–Kier alpha value is -0.580. The molecule has 100 valence electrons. The van der Waals surface area contributed by atoms with Crippen molar-refractivity contribution in [3.05, 3.63) is 27.8 Å². The Morgan fingerprint density at radius 1 is 1.33 bits per heavy atom. The van der Waals surface area contributed by atoms with Crippen molar-refractivity contribution in [2.75, 3.05) is 5.32 Å². The van der Waals surface area contributed by atoms with Crippen LogP contribution in [0.3, 0.4) is 0 Å². The monoisotopic (exact) mass is 359 g/mol. The number of carbonyl (C=O) groups excluding carboxylic acids is 1. The molecule has 1 amide bonds. The molecule has 18 heavy (non-hydrogen) atoms. The number of benzene rings is 1. The van der Waals surface area contributed by atoms with Crippen molar-refractivity contribution >= 4 is 34.2 Å². The Balaban J connectivity index is 2.50. The van der Waals surface area contributed by atoms with Gasteiger partial charge in [-0.2, -0.15) is 0 Å². The number of hydrogen-bond acceptors (Lipinski definition) is 1. The molecule has 1 aromatic carbocycles. The van der Waals surface area contributed by atoms with E-state index >= 15 is 0 Å². The summed E-state index contributed by atoms with van der Waals surface area (Å²) in [6.07, 6.45) is 1.65. The first-order valence-electron chi connectivity index (χ1n) is 6.32. The maximum Gasteiger partial charge on any atom is 0.224 e. The van der Waals surface area contributed by atoms with Crippen LogP contribution in [-0.4, -0.2) is 5.91 Å². The van der Waals surface area contributed by atoms with Crippen LogP contribution in [0.15, 0.2) is 24.3 Å². The molecule has 1 aromatic rings. The Bertz CT molecular complexity index is 409. The van der Waals surface area contributed by atoms with Gasteiger partial charge in [-0.1, -0.05) is 39.8 Å². The van der Waals surface area contributed by atoms with E-state index in [1.165, 1.54) is 0 Å². The second-order valence-electron chi connectivity index (χ2n) is 6.10. The second kappa shape index (κ2) is 6.55. The molecule has 0 spiro atoms. The zero-order chi connectivity index (χ0) is 13.8. The standard InChI is InChI=1S/C15H22INO/c1-11(10-15(2,3)4)9-14(18)17-13-8-6-5-7-12(13)16/h5-8,11H,9-10H2,1-4H3,(H,17,18). The van der Waals surface area contributed by atoms with Gasteiger partial charge in [-0.3, -0.25) is 4.79 Å². The van der Waals surface area contributed by atoms with E-state index < -0.39 is 0 Å². The number of amides is 1. The van der Waals surface area contributed by atoms with Crippen molar-refractivity contribution in [2.24, 2.45) is 11.3 Å². The van der Waals surface area contributed by atoms with Crippen molar-refractivity contribution in [2.45, 2.75) is 40.5 Å². The van der Waals surface area contributed by atoms with Gasteiger partial charge in [0.15, 0.2) is 0 Å². The first-order valence-corrected chi connectivity index (χ1v) is 7.40. The predicted molar refractivity (Wildman–Crippen MR) is 85.6 cm³/mol. The molecule has 0 aromatic heterocycles. The summed E-state index contributed by atoms with van der Waals surface area (Å²) in [5, 5.41) is 2.98. The molecular weight excluding hydrogens is 337 g/mol. The number of para-hydroxylation sites is 1.